The summed E-state index contributed by atoms with van der Waals surface area (Å²) in [5.74, 6) is 3.66. The van der Waals surface area contributed by atoms with E-state index in [-0.39, 0.29) is 0 Å². The Morgan fingerprint density at radius 1 is 0.950 bits per heavy atom. The van der Waals surface area contributed by atoms with Crippen LogP contribution in [-0.4, -0.2) is 48.6 Å². The predicted molar refractivity (Wildman–Crippen MR) is 88.0 cm³/mol. The van der Waals surface area contributed by atoms with Crippen LogP contribution in [0.5, 0.6) is 0 Å². The van der Waals surface area contributed by atoms with Gasteiger partial charge in [0.15, 0.2) is 0 Å². The molecule has 0 spiro atoms. The molecule has 0 amide bonds. The molecule has 2 heteroatoms. The molecule has 0 bridgehead atoms. The first-order valence-electron chi connectivity index (χ1n) is 8.93. The van der Waals surface area contributed by atoms with Crippen molar-refractivity contribution >= 4 is 0 Å². The van der Waals surface area contributed by atoms with Crippen LogP contribution < -0.4 is 0 Å². The van der Waals surface area contributed by atoms with Gasteiger partial charge in [-0.05, 0) is 76.4 Å². The molecule has 2 saturated heterocycles. The van der Waals surface area contributed by atoms with Gasteiger partial charge in [0.25, 0.3) is 0 Å². The second-order valence-electron chi connectivity index (χ2n) is 8.01. The third-order valence-corrected chi connectivity index (χ3v) is 5.81. The second-order valence-corrected chi connectivity index (χ2v) is 8.01. The summed E-state index contributed by atoms with van der Waals surface area (Å²) >= 11 is 0. The number of rotatable bonds is 4. The third-order valence-electron chi connectivity index (χ3n) is 5.81. The van der Waals surface area contributed by atoms with E-state index in [1.165, 1.54) is 52.0 Å². The Kier molecular flexibility index (Phi) is 5.92. The van der Waals surface area contributed by atoms with Crippen molar-refractivity contribution in [3.63, 3.8) is 0 Å². The van der Waals surface area contributed by atoms with Crippen LogP contribution in [0, 0.1) is 23.7 Å². The van der Waals surface area contributed by atoms with Crippen molar-refractivity contribution in [1.82, 2.24) is 9.80 Å². The molecule has 2 atom stereocenters. The van der Waals surface area contributed by atoms with Crippen molar-refractivity contribution in [3.05, 3.63) is 0 Å². The SMILES string of the molecule is CC(C)C1CCN(CC2CCN(C(C)C)CC2)CC1C. The van der Waals surface area contributed by atoms with E-state index in [4.69, 9.17) is 0 Å². The fraction of sp³-hybridized carbons (Fsp3) is 1.00. The van der Waals surface area contributed by atoms with Crippen LogP contribution in [-0.2, 0) is 0 Å². The predicted octanol–water partition coefficient (Wildman–Crippen LogP) is 3.72. The fourth-order valence-corrected chi connectivity index (χ4v) is 4.42. The smallest absolute Gasteiger partial charge is 0.00385 e. The molecule has 2 aliphatic heterocycles. The van der Waals surface area contributed by atoms with Gasteiger partial charge in [-0.3, -0.25) is 0 Å². The van der Waals surface area contributed by atoms with E-state index in [2.05, 4.69) is 44.4 Å². The van der Waals surface area contributed by atoms with Crippen molar-refractivity contribution < 1.29 is 0 Å². The molecule has 2 heterocycles. The van der Waals surface area contributed by atoms with Crippen LogP contribution in [0.15, 0.2) is 0 Å². The van der Waals surface area contributed by atoms with Crippen LogP contribution >= 0.6 is 0 Å². The third kappa shape index (κ3) is 4.21. The van der Waals surface area contributed by atoms with Crippen molar-refractivity contribution in [2.45, 2.75) is 59.9 Å². The molecule has 2 rings (SSSR count). The fourth-order valence-electron chi connectivity index (χ4n) is 4.42. The van der Waals surface area contributed by atoms with Crippen LogP contribution in [0.25, 0.3) is 0 Å². The maximum absolute atomic E-state index is 2.76. The van der Waals surface area contributed by atoms with Crippen molar-refractivity contribution in [3.8, 4) is 0 Å². The monoisotopic (exact) mass is 280 g/mol. The zero-order chi connectivity index (χ0) is 14.7. The van der Waals surface area contributed by atoms with Gasteiger partial charge in [0.05, 0.1) is 0 Å². The highest BCUT2D eigenvalue weighted by atomic mass is 15.2. The average Bonchev–Trinajstić information content (AvgIpc) is 2.39. The molecule has 118 valence electrons. The van der Waals surface area contributed by atoms with Crippen molar-refractivity contribution in [2.75, 3.05) is 32.7 Å². The van der Waals surface area contributed by atoms with Gasteiger partial charge in [-0.2, -0.15) is 0 Å². The normalized spacial score (nSPS) is 31.4. The highest BCUT2D eigenvalue weighted by molar-refractivity contribution is 4.83. The molecule has 2 unspecified atom stereocenters. The number of hydrogen-bond acceptors (Lipinski definition) is 2. The van der Waals surface area contributed by atoms with Crippen LogP contribution in [0.3, 0.4) is 0 Å². The van der Waals surface area contributed by atoms with Gasteiger partial charge in [0, 0.05) is 19.1 Å². The molecule has 0 N–H and O–H groups in total. The first-order chi connectivity index (χ1) is 9.47. The summed E-state index contributed by atoms with van der Waals surface area (Å²) in [5.41, 5.74) is 0. The van der Waals surface area contributed by atoms with E-state index in [0.29, 0.717) is 0 Å². The number of nitrogens with zero attached hydrogens (tertiary/aromatic N) is 2. The van der Waals surface area contributed by atoms with Gasteiger partial charge in [-0.15, -0.1) is 0 Å². The molecule has 0 aromatic heterocycles. The van der Waals surface area contributed by atoms with Gasteiger partial charge >= 0.3 is 0 Å². The first kappa shape index (κ1) is 16.3. The lowest BCUT2D eigenvalue weighted by atomic mass is 9.79. The van der Waals surface area contributed by atoms with Crippen molar-refractivity contribution in [1.29, 1.82) is 0 Å². The molecule has 2 nitrogen and oxygen atoms in total. The number of piperidine rings is 2. The highest BCUT2D eigenvalue weighted by Crippen LogP contribution is 2.30. The van der Waals surface area contributed by atoms with Crippen LogP contribution in [0.2, 0.25) is 0 Å². The Hall–Kier alpha value is -0.0800. The summed E-state index contributed by atoms with van der Waals surface area (Å²) in [4.78, 5) is 5.41. The van der Waals surface area contributed by atoms with E-state index < -0.39 is 0 Å². The minimum Gasteiger partial charge on any atom is -0.303 e. The number of hydrogen-bond donors (Lipinski definition) is 0. The molecule has 0 saturated carbocycles. The average molecular weight is 280 g/mol. The summed E-state index contributed by atoms with van der Waals surface area (Å²) in [6.45, 7) is 18.6. The molecule has 20 heavy (non-hydrogen) atoms. The van der Waals surface area contributed by atoms with Crippen LogP contribution in [0.4, 0.5) is 0 Å². The topological polar surface area (TPSA) is 6.48 Å². The zero-order valence-electron chi connectivity index (χ0n) is 14.4. The summed E-state index contributed by atoms with van der Waals surface area (Å²) < 4.78 is 0. The van der Waals surface area contributed by atoms with E-state index in [1.54, 1.807) is 0 Å². The minimum atomic E-state index is 0.734. The quantitative estimate of drug-likeness (QED) is 0.774. The Bertz CT molecular complexity index is 279. The first-order valence-corrected chi connectivity index (χ1v) is 8.93. The molecule has 0 radical (unpaired) electrons. The van der Waals surface area contributed by atoms with Gasteiger partial charge < -0.3 is 9.80 Å². The Morgan fingerprint density at radius 3 is 2.10 bits per heavy atom. The maximum atomic E-state index is 2.76. The van der Waals surface area contributed by atoms with Gasteiger partial charge in [0.2, 0.25) is 0 Å². The Labute approximate surface area is 126 Å². The lowest BCUT2D eigenvalue weighted by molar-refractivity contribution is 0.0687. The molecular weight excluding hydrogens is 244 g/mol. The molecule has 2 fully saturated rings. The second kappa shape index (κ2) is 7.26. The maximum Gasteiger partial charge on any atom is 0.00385 e. The van der Waals surface area contributed by atoms with Crippen LogP contribution in [0.1, 0.15) is 53.9 Å². The van der Waals surface area contributed by atoms with Gasteiger partial charge in [-0.1, -0.05) is 20.8 Å². The number of likely N-dealkylation sites (tertiary alicyclic amines) is 2. The lowest BCUT2D eigenvalue weighted by Crippen LogP contribution is -2.45. The Morgan fingerprint density at radius 2 is 1.60 bits per heavy atom. The molecular formula is C18H36N2. The van der Waals surface area contributed by atoms with E-state index in [0.717, 1.165) is 29.7 Å². The summed E-state index contributed by atoms with van der Waals surface area (Å²) in [6, 6.07) is 0.734. The van der Waals surface area contributed by atoms with E-state index in [1.807, 2.05) is 0 Å². The molecule has 0 aromatic rings. The highest BCUT2D eigenvalue weighted by Gasteiger charge is 2.30. The largest absolute Gasteiger partial charge is 0.303 e. The minimum absolute atomic E-state index is 0.734. The van der Waals surface area contributed by atoms with Crippen molar-refractivity contribution in [2.24, 2.45) is 23.7 Å². The molecule has 0 aliphatic carbocycles. The molecule has 2 aliphatic rings. The lowest BCUT2D eigenvalue weighted by Gasteiger charge is -2.42. The summed E-state index contributed by atoms with van der Waals surface area (Å²) in [7, 11) is 0. The van der Waals surface area contributed by atoms with E-state index >= 15 is 0 Å². The summed E-state index contributed by atoms with van der Waals surface area (Å²) in [6.07, 6.45) is 4.25. The van der Waals surface area contributed by atoms with Gasteiger partial charge in [0.1, 0.15) is 0 Å². The van der Waals surface area contributed by atoms with E-state index in [9.17, 15) is 0 Å². The molecule has 0 aromatic carbocycles. The standard InChI is InChI=1S/C18H36N2/c1-14(2)18-8-9-19(12-16(18)5)13-17-6-10-20(11-7-17)15(3)4/h14-18H,6-13H2,1-5H3. The zero-order valence-corrected chi connectivity index (χ0v) is 14.4. The Balaban J connectivity index is 1.73. The summed E-state index contributed by atoms with van der Waals surface area (Å²) in [5, 5.41) is 0. The van der Waals surface area contributed by atoms with Gasteiger partial charge in [-0.25, -0.2) is 0 Å².